The Hall–Kier alpha value is -1.91. The summed E-state index contributed by atoms with van der Waals surface area (Å²) in [6, 6.07) is 13.6. The van der Waals surface area contributed by atoms with Crippen LogP contribution in [-0.4, -0.2) is 10.8 Å². The number of hydrogen-bond acceptors (Lipinski definition) is 3. The highest BCUT2D eigenvalue weighted by molar-refractivity contribution is 9.10. The Balaban J connectivity index is 2.07. The molecule has 0 aliphatic rings. The lowest BCUT2D eigenvalue weighted by Crippen LogP contribution is -2.09. The smallest absolute Gasteiger partial charge is 0.163 e. The Bertz CT molecular complexity index is 940. The van der Waals surface area contributed by atoms with Crippen LogP contribution in [0.3, 0.4) is 0 Å². The minimum absolute atomic E-state index is 0.00449. The molecule has 1 heterocycles. The molecule has 0 spiro atoms. The standard InChI is InChI=1S/C19H16BrClN2O/c1-11-18(12(2)24)19(15-5-3-4-6-17(15)23-11)22-10-13-7-8-14(20)9-16(13)21/h3-9H,10H2,1-2H3,(H,22,23). The first kappa shape index (κ1) is 16.9. The van der Waals surface area contributed by atoms with E-state index in [0.717, 1.165) is 32.3 Å². The third kappa shape index (κ3) is 3.30. The molecule has 1 N–H and O–H groups in total. The Kier molecular flexibility index (Phi) is 4.88. The largest absolute Gasteiger partial charge is 0.380 e. The number of rotatable bonds is 4. The first-order chi connectivity index (χ1) is 11.5. The van der Waals surface area contributed by atoms with Gasteiger partial charge in [0, 0.05) is 21.4 Å². The fourth-order valence-corrected chi connectivity index (χ4v) is 3.54. The zero-order valence-electron chi connectivity index (χ0n) is 13.4. The number of aromatic nitrogens is 1. The van der Waals surface area contributed by atoms with Crippen molar-refractivity contribution in [3.63, 3.8) is 0 Å². The van der Waals surface area contributed by atoms with Gasteiger partial charge in [0.2, 0.25) is 0 Å². The third-order valence-electron chi connectivity index (χ3n) is 3.90. The predicted octanol–water partition coefficient (Wildman–Crippen LogP) is 5.77. The molecule has 3 aromatic rings. The zero-order chi connectivity index (χ0) is 17.3. The Labute approximate surface area is 154 Å². The maximum atomic E-state index is 12.1. The molecule has 0 radical (unpaired) electrons. The topological polar surface area (TPSA) is 42.0 Å². The molecule has 5 heteroatoms. The Morgan fingerprint density at radius 1 is 1.25 bits per heavy atom. The van der Waals surface area contributed by atoms with Gasteiger partial charge >= 0.3 is 0 Å². The van der Waals surface area contributed by atoms with Crippen LogP contribution in [0.1, 0.15) is 28.5 Å². The van der Waals surface area contributed by atoms with Crippen LogP contribution in [0.4, 0.5) is 5.69 Å². The number of fused-ring (bicyclic) bond motifs is 1. The van der Waals surface area contributed by atoms with E-state index in [2.05, 4.69) is 26.2 Å². The van der Waals surface area contributed by atoms with Gasteiger partial charge in [-0.15, -0.1) is 0 Å². The quantitative estimate of drug-likeness (QED) is 0.562. The SMILES string of the molecule is CC(=O)c1c(C)nc2ccccc2c1NCc1ccc(Br)cc1Cl. The summed E-state index contributed by atoms with van der Waals surface area (Å²) in [7, 11) is 0. The molecular formula is C19H16BrClN2O. The highest BCUT2D eigenvalue weighted by atomic mass is 79.9. The van der Waals surface area contributed by atoms with Gasteiger partial charge in [0.05, 0.1) is 22.5 Å². The summed E-state index contributed by atoms with van der Waals surface area (Å²) in [6.07, 6.45) is 0. The highest BCUT2D eigenvalue weighted by Gasteiger charge is 2.16. The second-order valence-corrected chi connectivity index (χ2v) is 6.93. The fraction of sp³-hybridized carbons (Fsp3) is 0.158. The van der Waals surface area contributed by atoms with E-state index in [1.54, 1.807) is 6.92 Å². The lowest BCUT2D eigenvalue weighted by molar-refractivity contribution is 0.101. The van der Waals surface area contributed by atoms with E-state index in [9.17, 15) is 4.79 Å². The summed E-state index contributed by atoms with van der Waals surface area (Å²) in [4.78, 5) is 16.7. The number of halogens is 2. The van der Waals surface area contributed by atoms with Crippen molar-refractivity contribution in [2.45, 2.75) is 20.4 Å². The highest BCUT2D eigenvalue weighted by Crippen LogP contribution is 2.30. The third-order valence-corrected chi connectivity index (χ3v) is 4.74. The number of para-hydroxylation sites is 1. The predicted molar refractivity (Wildman–Crippen MR) is 103 cm³/mol. The van der Waals surface area contributed by atoms with Crippen molar-refractivity contribution in [2.75, 3.05) is 5.32 Å². The normalized spacial score (nSPS) is 10.8. The maximum absolute atomic E-state index is 12.1. The van der Waals surface area contributed by atoms with Crippen LogP contribution in [0.15, 0.2) is 46.9 Å². The molecule has 2 aromatic carbocycles. The van der Waals surface area contributed by atoms with Gasteiger partial charge < -0.3 is 5.32 Å². The van der Waals surface area contributed by atoms with Crippen molar-refractivity contribution in [2.24, 2.45) is 0 Å². The summed E-state index contributed by atoms with van der Waals surface area (Å²) in [5, 5.41) is 5.00. The minimum atomic E-state index is -0.00449. The fourth-order valence-electron chi connectivity index (χ4n) is 2.80. The molecule has 0 saturated heterocycles. The molecule has 0 amide bonds. The van der Waals surface area contributed by atoms with Gasteiger partial charge in [-0.3, -0.25) is 9.78 Å². The van der Waals surface area contributed by atoms with Crippen molar-refractivity contribution >= 4 is 49.9 Å². The summed E-state index contributed by atoms with van der Waals surface area (Å²) in [5.74, 6) is -0.00449. The van der Waals surface area contributed by atoms with E-state index in [1.807, 2.05) is 49.4 Å². The van der Waals surface area contributed by atoms with E-state index in [1.165, 1.54) is 0 Å². The zero-order valence-corrected chi connectivity index (χ0v) is 15.7. The Morgan fingerprint density at radius 2 is 2.00 bits per heavy atom. The summed E-state index contributed by atoms with van der Waals surface area (Å²) in [6.45, 7) is 3.96. The van der Waals surface area contributed by atoms with Crippen LogP contribution >= 0.6 is 27.5 Å². The van der Waals surface area contributed by atoms with Gasteiger partial charge in [0.1, 0.15) is 0 Å². The molecule has 0 aliphatic carbocycles. The maximum Gasteiger partial charge on any atom is 0.163 e. The number of nitrogens with zero attached hydrogens (tertiary/aromatic N) is 1. The first-order valence-electron chi connectivity index (χ1n) is 7.55. The van der Waals surface area contributed by atoms with Crippen molar-refractivity contribution in [3.05, 3.63) is 68.8 Å². The van der Waals surface area contributed by atoms with Gasteiger partial charge in [0.15, 0.2) is 5.78 Å². The number of nitrogens with one attached hydrogen (secondary N) is 1. The van der Waals surface area contributed by atoms with Crippen LogP contribution in [0.5, 0.6) is 0 Å². The summed E-state index contributed by atoms with van der Waals surface area (Å²) in [5.41, 5.74) is 3.99. The van der Waals surface area contributed by atoms with Crippen LogP contribution in [0.25, 0.3) is 10.9 Å². The lowest BCUT2D eigenvalue weighted by Gasteiger charge is -2.16. The number of Topliss-reactive ketones (excluding diaryl/α,β-unsaturated/α-hetero) is 1. The molecule has 122 valence electrons. The number of benzene rings is 2. The Morgan fingerprint density at radius 3 is 2.71 bits per heavy atom. The molecule has 3 nitrogen and oxygen atoms in total. The van der Waals surface area contributed by atoms with Crippen LogP contribution in [0.2, 0.25) is 5.02 Å². The molecule has 1 aromatic heterocycles. The second-order valence-electron chi connectivity index (χ2n) is 5.61. The van der Waals surface area contributed by atoms with Crippen LogP contribution < -0.4 is 5.32 Å². The number of aryl methyl sites for hydroxylation is 1. The van der Waals surface area contributed by atoms with Gasteiger partial charge in [-0.2, -0.15) is 0 Å². The molecule has 24 heavy (non-hydrogen) atoms. The van der Waals surface area contributed by atoms with E-state index in [4.69, 9.17) is 11.6 Å². The number of anilines is 1. The molecular weight excluding hydrogens is 388 g/mol. The van der Waals surface area contributed by atoms with Crippen LogP contribution in [0, 0.1) is 6.92 Å². The molecule has 0 saturated carbocycles. The van der Waals surface area contributed by atoms with E-state index < -0.39 is 0 Å². The number of carbonyl (C=O) groups is 1. The van der Waals surface area contributed by atoms with Gasteiger partial charge in [-0.25, -0.2) is 0 Å². The average Bonchev–Trinajstić information content (AvgIpc) is 2.53. The van der Waals surface area contributed by atoms with Crippen molar-refractivity contribution in [3.8, 4) is 0 Å². The summed E-state index contributed by atoms with van der Waals surface area (Å²) < 4.78 is 0.936. The summed E-state index contributed by atoms with van der Waals surface area (Å²) >= 11 is 9.71. The van der Waals surface area contributed by atoms with Gasteiger partial charge in [-0.1, -0.05) is 51.8 Å². The number of carbonyl (C=O) groups excluding carboxylic acids is 1. The van der Waals surface area contributed by atoms with E-state index in [-0.39, 0.29) is 5.78 Å². The van der Waals surface area contributed by atoms with E-state index in [0.29, 0.717) is 17.1 Å². The van der Waals surface area contributed by atoms with Crippen LogP contribution in [-0.2, 0) is 6.54 Å². The minimum Gasteiger partial charge on any atom is -0.380 e. The van der Waals surface area contributed by atoms with Gasteiger partial charge in [-0.05, 0) is 37.6 Å². The van der Waals surface area contributed by atoms with Crippen molar-refractivity contribution in [1.82, 2.24) is 4.98 Å². The molecule has 0 bridgehead atoms. The lowest BCUT2D eigenvalue weighted by atomic mass is 10.0. The number of hydrogen-bond donors (Lipinski definition) is 1. The number of pyridine rings is 1. The molecule has 0 aliphatic heterocycles. The second kappa shape index (κ2) is 6.91. The van der Waals surface area contributed by atoms with Gasteiger partial charge in [0.25, 0.3) is 0 Å². The molecule has 0 fully saturated rings. The van der Waals surface area contributed by atoms with Crippen molar-refractivity contribution in [1.29, 1.82) is 0 Å². The first-order valence-corrected chi connectivity index (χ1v) is 8.72. The average molecular weight is 404 g/mol. The van der Waals surface area contributed by atoms with E-state index >= 15 is 0 Å². The molecule has 0 atom stereocenters. The number of ketones is 1. The molecule has 3 rings (SSSR count). The van der Waals surface area contributed by atoms with Crippen molar-refractivity contribution < 1.29 is 4.79 Å². The molecule has 0 unspecified atom stereocenters. The monoisotopic (exact) mass is 402 g/mol.